The van der Waals surface area contributed by atoms with Crippen molar-refractivity contribution in [2.24, 2.45) is 0 Å². The van der Waals surface area contributed by atoms with E-state index in [1.165, 1.54) is 4.90 Å². The molecular formula is C21H33N5O6. The first-order valence-electron chi connectivity index (χ1n) is 10.9. The predicted molar refractivity (Wildman–Crippen MR) is 115 cm³/mol. The van der Waals surface area contributed by atoms with Gasteiger partial charge in [-0.2, -0.15) is 0 Å². The van der Waals surface area contributed by atoms with Crippen LogP contribution >= 0.6 is 0 Å². The summed E-state index contributed by atoms with van der Waals surface area (Å²) in [5.41, 5.74) is 1.36. The van der Waals surface area contributed by atoms with Gasteiger partial charge in [0.25, 0.3) is 0 Å². The Labute approximate surface area is 187 Å². The van der Waals surface area contributed by atoms with Gasteiger partial charge < -0.3 is 35.0 Å². The van der Waals surface area contributed by atoms with Crippen molar-refractivity contribution in [3.63, 3.8) is 0 Å². The normalized spacial score (nSPS) is 31.5. The monoisotopic (exact) mass is 451 g/mol. The molecule has 3 heterocycles. The van der Waals surface area contributed by atoms with E-state index in [0.717, 1.165) is 5.69 Å². The molecule has 3 aliphatic rings. The van der Waals surface area contributed by atoms with Gasteiger partial charge in [-0.25, -0.2) is 9.69 Å². The summed E-state index contributed by atoms with van der Waals surface area (Å²) in [5, 5.41) is 47.6. The van der Waals surface area contributed by atoms with Gasteiger partial charge in [-0.3, -0.25) is 10.6 Å². The average Bonchev–Trinajstić information content (AvgIpc) is 2.98. The third kappa shape index (κ3) is 4.42. The molecule has 0 radical (unpaired) electrons. The zero-order valence-electron chi connectivity index (χ0n) is 18.6. The molecule has 5 unspecified atom stereocenters. The molecule has 5 atom stereocenters. The van der Waals surface area contributed by atoms with Gasteiger partial charge in [0.1, 0.15) is 36.7 Å². The Morgan fingerprint density at radius 3 is 2.38 bits per heavy atom. The maximum absolute atomic E-state index is 12.4. The van der Waals surface area contributed by atoms with Crippen molar-refractivity contribution in [2.75, 3.05) is 37.6 Å². The minimum absolute atomic E-state index is 0.160. The van der Waals surface area contributed by atoms with Crippen molar-refractivity contribution < 1.29 is 30.0 Å². The molecular weight excluding hydrogens is 418 g/mol. The van der Waals surface area contributed by atoms with Crippen LogP contribution in [0.15, 0.2) is 18.2 Å². The zero-order valence-corrected chi connectivity index (χ0v) is 18.6. The fraction of sp³-hybridized carbons (Fsp3) is 0.667. The number of nitrogens with one attached hydrogen (secondary N) is 2. The molecule has 4 rings (SSSR count). The van der Waals surface area contributed by atoms with E-state index in [2.05, 4.69) is 15.5 Å². The lowest BCUT2D eigenvalue weighted by molar-refractivity contribution is -0.165. The minimum Gasteiger partial charge on any atom is -0.444 e. The van der Waals surface area contributed by atoms with Crippen LogP contribution in [0.25, 0.3) is 0 Å². The fourth-order valence-corrected chi connectivity index (χ4v) is 4.52. The molecule has 1 aromatic carbocycles. The molecule has 1 amide bonds. The molecule has 0 spiro atoms. The van der Waals surface area contributed by atoms with Crippen molar-refractivity contribution in [3.8, 4) is 0 Å². The minimum atomic E-state index is -1.18. The molecule has 32 heavy (non-hydrogen) atoms. The Morgan fingerprint density at radius 2 is 1.75 bits per heavy atom. The Bertz CT molecular complexity index is 840. The van der Waals surface area contributed by atoms with Crippen LogP contribution < -0.4 is 15.5 Å². The quantitative estimate of drug-likeness (QED) is 0.338. The number of aliphatic hydroxyl groups is 4. The van der Waals surface area contributed by atoms with E-state index in [9.17, 15) is 25.2 Å². The van der Waals surface area contributed by atoms with Crippen molar-refractivity contribution in [1.29, 1.82) is 0 Å². The number of aliphatic hydroxyl groups excluding tert-OH is 4. The van der Waals surface area contributed by atoms with Crippen LogP contribution in [0.3, 0.4) is 0 Å². The first-order valence-corrected chi connectivity index (χ1v) is 10.9. The maximum atomic E-state index is 12.4. The van der Waals surface area contributed by atoms with Gasteiger partial charge in [0.2, 0.25) is 0 Å². The second kappa shape index (κ2) is 8.75. The number of rotatable bonds is 2. The van der Waals surface area contributed by atoms with Crippen LogP contribution in [-0.4, -0.2) is 93.3 Å². The average molecular weight is 452 g/mol. The highest BCUT2D eigenvalue weighted by molar-refractivity contribution is 5.69. The number of anilines is 1. The lowest BCUT2D eigenvalue weighted by atomic mass is 10.0. The number of carbonyl (C=O) groups excluding carboxylic acids is 1. The summed E-state index contributed by atoms with van der Waals surface area (Å²) < 4.78 is 5.46. The van der Waals surface area contributed by atoms with Crippen LogP contribution in [0.1, 0.15) is 44.4 Å². The highest BCUT2D eigenvalue weighted by Gasteiger charge is 2.46. The summed E-state index contributed by atoms with van der Waals surface area (Å²) in [6.45, 7) is 7.72. The smallest absolute Gasteiger partial charge is 0.410 e. The van der Waals surface area contributed by atoms with E-state index in [4.69, 9.17) is 4.74 Å². The molecule has 2 fully saturated rings. The standard InChI is InChI=1S/C21H33N5O6/c1-21(2,3)32-20(31)25-9-7-24(8-10-25)13-6-4-5-12-15(13)19(30)26(18(12)29)16-17(28)23-14(27)11-22-16/h4-6,14,16-19,22-23,27-30H,7-11H2,1-3H3. The van der Waals surface area contributed by atoms with E-state index in [-0.39, 0.29) is 12.6 Å². The maximum Gasteiger partial charge on any atom is 0.410 e. The van der Waals surface area contributed by atoms with Gasteiger partial charge >= 0.3 is 6.09 Å². The number of β-amino-alcohol motifs (C(OH)–C–C–N with tert-alkyl or cyclic N) is 1. The number of nitrogens with zero attached hydrogens (tertiary/aromatic N) is 3. The molecule has 178 valence electrons. The van der Waals surface area contributed by atoms with E-state index in [1.807, 2.05) is 32.9 Å². The first-order chi connectivity index (χ1) is 15.1. The van der Waals surface area contributed by atoms with E-state index < -0.39 is 36.7 Å². The number of benzene rings is 1. The molecule has 0 saturated carbocycles. The molecule has 11 nitrogen and oxygen atoms in total. The van der Waals surface area contributed by atoms with Crippen LogP contribution in [-0.2, 0) is 4.74 Å². The summed E-state index contributed by atoms with van der Waals surface area (Å²) in [7, 11) is 0. The van der Waals surface area contributed by atoms with E-state index in [1.54, 1.807) is 11.0 Å². The van der Waals surface area contributed by atoms with E-state index in [0.29, 0.717) is 37.3 Å². The van der Waals surface area contributed by atoms with Crippen LogP contribution in [0.5, 0.6) is 0 Å². The Hall–Kier alpha value is -1.99. The third-order valence-corrected chi connectivity index (χ3v) is 5.99. The Balaban J connectivity index is 1.50. The predicted octanol–water partition coefficient (Wildman–Crippen LogP) is -0.803. The van der Waals surface area contributed by atoms with Crippen molar-refractivity contribution in [3.05, 3.63) is 29.3 Å². The molecule has 0 bridgehead atoms. The number of ether oxygens (including phenoxy) is 1. The number of hydrogen-bond donors (Lipinski definition) is 6. The topological polar surface area (TPSA) is 141 Å². The van der Waals surface area contributed by atoms with Gasteiger partial charge in [-0.1, -0.05) is 12.1 Å². The van der Waals surface area contributed by atoms with Gasteiger partial charge in [0.15, 0.2) is 0 Å². The summed E-state index contributed by atoms with van der Waals surface area (Å²) >= 11 is 0. The highest BCUT2D eigenvalue weighted by Crippen LogP contribution is 2.45. The Morgan fingerprint density at radius 1 is 1.06 bits per heavy atom. The van der Waals surface area contributed by atoms with Crippen LogP contribution in [0.4, 0.5) is 10.5 Å². The summed E-state index contributed by atoms with van der Waals surface area (Å²) in [6, 6.07) is 5.45. The number of hydrogen-bond acceptors (Lipinski definition) is 10. The largest absolute Gasteiger partial charge is 0.444 e. The highest BCUT2D eigenvalue weighted by atomic mass is 16.6. The van der Waals surface area contributed by atoms with Gasteiger partial charge in [0, 0.05) is 49.5 Å². The lowest BCUT2D eigenvalue weighted by Gasteiger charge is -2.41. The number of amides is 1. The summed E-state index contributed by atoms with van der Waals surface area (Å²) in [5.74, 6) is 0. The summed E-state index contributed by atoms with van der Waals surface area (Å²) in [4.78, 5) is 17.5. The first kappa shape index (κ1) is 23.2. The van der Waals surface area contributed by atoms with Crippen molar-refractivity contribution in [1.82, 2.24) is 20.4 Å². The molecule has 0 aromatic heterocycles. The van der Waals surface area contributed by atoms with Crippen LogP contribution in [0.2, 0.25) is 0 Å². The second-order valence-electron chi connectivity index (χ2n) is 9.41. The third-order valence-electron chi connectivity index (χ3n) is 5.99. The van der Waals surface area contributed by atoms with Crippen molar-refractivity contribution >= 4 is 11.8 Å². The molecule has 11 heteroatoms. The van der Waals surface area contributed by atoms with Gasteiger partial charge in [0.05, 0.1) is 0 Å². The lowest BCUT2D eigenvalue weighted by Crippen LogP contribution is -2.66. The number of fused-ring (bicyclic) bond motifs is 1. The van der Waals surface area contributed by atoms with Gasteiger partial charge in [-0.05, 0) is 26.8 Å². The molecule has 0 aliphatic carbocycles. The SMILES string of the molecule is CC(C)(C)OC(=O)N1CCN(c2cccc3c2C(O)N(C2NCC(O)NC2O)C3O)CC1. The fourth-order valence-electron chi connectivity index (χ4n) is 4.52. The molecule has 1 aromatic rings. The van der Waals surface area contributed by atoms with Gasteiger partial charge in [-0.15, -0.1) is 0 Å². The molecule has 6 N–H and O–H groups in total. The van der Waals surface area contributed by atoms with Crippen molar-refractivity contribution in [2.45, 2.75) is 57.4 Å². The van der Waals surface area contributed by atoms with Crippen LogP contribution in [0, 0.1) is 0 Å². The molecule has 3 aliphatic heterocycles. The Kier molecular flexibility index (Phi) is 6.34. The summed E-state index contributed by atoms with van der Waals surface area (Å²) in [6.07, 6.45) is -5.54. The number of carbonyl (C=O) groups is 1. The zero-order chi connectivity index (χ0) is 23.2. The molecule has 2 saturated heterocycles. The number of piperazine rings is 2. The second-order valence-corrected chi connectivity index (χ2v) is 9.41. The van der Waals surface area contributed by atoms with E-state index >= 15 is 0 Å².